The summed E-state index contributed by atoms with van der Waals surface area (Å²) in [4.78, 5) is 20.2. The average molecular weight is 249 g/mol. The van der Waals surface area contributed by atoms with E-state index in [0.717, 1.165) is 10.6 Å². The van der Waals surface area contributed by atoms with Crippen LogP contribution in [0.2, 0.25) is 0 Å². The molecule has 0 saturated heterocycles. The van der Waals surface area contributed by atoms with Crippen LogP contribution >= 0.6 is 11.3 Å². The molecule has 5 nitrogen and oxygen atoms in total. The molecule has 6 heteroatoms. The summed E-state index contributed by atoms with van der Waals surface area (Å²) >= 11 is 1.47. The molecule has 2 aromatic rings. The van der Waals surface area contributed by atoms with E-state index in [-0.39, 0.29) is 5.56 Å². The molecule has 0 amide bonds. The summed E-state index contributed by atoms with van der Waals surface area (Å²) in [6.07, 6.45) is 3.09. The molecule has 0 radical (unpaired) electrons. The minimum atomic E-state index is -1.01. The second-order valence-corrected chi connectivity index (χ2v) is 4.81. The van der Waals surface area contributed by atoms with Gasteiger partial charge in [0.15, 0.2) is 5.13 Å². The maximum Gasteiger partial charge on any atom is 0.339 e. The molecular weight excluding hydrogens is 238 g/mol. The standard InChI is InChI=1S/C11H11N3O2S/c1-6-3-9(8(5-12-6)10(15)16)14-11-13-4-7(2)17-11/h3-5H,1-2H3,(H,15,16)(H,12,13,14). The number of anilines is 2. The first-order valence-corrected chi connectivity index (χ1v) is 5.77. The van der Waals surface area contributed by atoms with Crippen molar-refractivity contribution in [3.05, 3.63) is 34.6 Å². The molecule has 2 aromatic heterocycles. The Hall–Kier alpha value is -1.95. The number of carbonyl (C=O) groups is 1. The van der Waals surface area contributed by atoms with E-state index in [1.165, 1.54) is 17.5 Å². The zero-order chi connectivity index (χ0) is 12.4. The number of thiazole rings is 1. The van der Waals surface area contributed by atoms with Crippen LogP contribution in [0.1, 0.15) is 20.9 Å². The lowest BCUT2D eigenvalue weighted by molar-refractivity contribution is 0.0697. The zero-order valence-corrected chi connectivity index (χ0v) is 10.2. The van der Waals surface area contributed by atoms with Crippen molar-refractivity contribution in [2.75, 3.05) is 5.32 Å². The number of pyridine rings is 1. The number of aromatic carboxylic acids is 1. The second-order valence-electron chi connectivity index (χ2n) is 3.58. The first-order valence-electron chi connectivity index (χ1n) is 4.95. The SMILES string of the molecule is Cc1cc(Nc2ncc(C)s2)c(C(=O)O)cn1. The van der Waals surface area contributed by atoms with E-state index >= 15 is 0 Å². The quantitative estimate of drug-likeness (QED) is 0.874. The van der Waals surface area contributed by atoms with Crippen molar-refractivity contribution in [3.8, 4) is 0 Å². The number of hydrogen-bond acceptors (Lipinski definition) is 5. The average Bonchev–Trinajstić information content (AvgIpc) is 2.63. The van der Waals surface area contributed by atoms with Crippen LogP contribution in [0.4, 0.5) is 10.8 Å². The van der Waals surface area contributed by atoms with Crippen LogP contribution in [-0.2, 0) is 0 Å². The molecule has 0 aliphatic heterocycles. The Morgan fingerprint density at radius 3 is 2.71 bits per heavy atom. The highest BCUT2D eigenvalue weighted by Crippen LogP contribution is 2.24. The first-order chi connectivity index (χ1) is 8.06. The van der Waals surface area contributed by atoms with E-state index < -0.39 is 5.97 Å². The molecule has 2 N–H and O–H groups in total. The summed E-state index contributed by atoms with van der Waals surface area (Å²) in [5, 5.41) is 12.7. The molecule has 0 unspecified atom stereocenters. The Morgan fingerprint density at radius 1 is 1.35 bits per heavy atom. The Bertz CT molecular complexity index is 566. The van der Waals surface area contributed by atoms with Crippen molar-refractivity contribution in [2.45, 2.75) is 13.8 Å². The van der Waals surface area contributed by atoms with Crippen LogP contribution in [0.3, 0.4) is 0 Å². The maximum absolute atomic E-state index is 11.0. The summed E-state index contributed by atoms with van der Waals surface area (Å²) in [5.41, 5.74) is 1.41. The lowest BCUT2D eigenvalue weighted by Crippen LogP contribution is -2.04. The van der Waals surface area contributed by atoms with Gasteiger partial charge in [0.2, 0.25) is 0 Å². The Kier molecular flexibility index (Phi) is 3.06. The molecule has 0 bridgehead atoms. The molecule has 0 aliphatic carbocycles. The highest BCUT2D eigenvalue weighted by molar-refractivity contribution is 7.15. The lowest BCUT2D eigenvalue weighted by Gasteiger charge is -2.07. The maximum atomic E-state index is 11.0. The smallest absolute Gasteiger partial charge is 0.339 e. The lowest BCUT2D eigenvalue weighted by atomic mass is 10.2. The minimum Gasteiger partial charge on any atom is -0.478 e. The van der Waals surface area contributed by atoms with Gasteiger partial charge in [0.1, 0.15) is 5.56 Å². The molecule has 0 fully saturated rings. The number of aryl methyl sites for hydroxylation is 2. The van der Waals surface area contributed by atoms with Crippen molar-refractivity contribution in [1.29, 1.82) is 0 Å². The third-order valence-electron chi connectivity index (χ3n) is 2.13. The topological polar surface area (TPSA) is 75.1 Å². The highest BCUT2D eigenvalue weighted by atomic mass is 32.1. The number of carboxylic acid groups (broad SMARTS) is 1. The molecule has 0 spiro atoms. The van der Waals surface area contributed by atoms with Gasteiger partial charge in [-0.2, -0.15) is 0 Å². The van der Waals surface area contributed by atoms with E-state index in [0.29, 0.717) is 10.8 Å². The molecule has 0 aromatic carbocycles. The van der Waals surface area contributed by atoms with Crippen molar-refractivity contribution in [3.63, 3.8) is 0 Å². The second kappa shape index (κ2) is 4.50. The van der Waals surface area contributed by atoms with Crippen LogP contribution in [-0.4, -0.2) is 21.0 Å². The van der Waals surface area contributed by atoms with E-state index in [1.54, 1.807) is 12.3 Å². The Labute approximate surface area is 102 Å². The van der Waals surface area contributed by atoms with Gasteiger partial charge in [0.05, 0.1) is 5.69 Å². The zero-order valence-electron chi connectivity index (χ0n) is 9.39. The number of aromatic nitrogens is 2. The Balaban J connectivity index is 2.37. The third-order valence-corrected chi connectivity index (χ3v) is 2.96. The number of nitrogens with one attached hydrogen (secondary N) is 1. The molecule has 88 valence electrons. The van der Waals surface area contributed by atoms with Crippen LogP contribution in [0, 0.1) is 13.8 Å². The van der Waals surface area contributed by atoms with Crippen LogP contribution in [0.15, 0.2) is 18.5 Å². The van der Waals surface area contributed by atoms with Gasteiger partial charge in [-0.3, -0.25) is 4.98 Å². The summed E-state index contributed by atoms with van der Waals surface area (Å²) in [5.74, 6) is -1.01. The predicted octanol–water partition coefficient (Wildman–Crippen LogP) is 2.60. The van der Waals surface area contributed by atoms with Crippen LogP contribution in [0.5, 0.6) is 0 Å². The third kappa shape index (κ3) is 2.59. The number of nitrogens with zero attached hydrogens (tertiary/aromatic N) is 2. The first kappa shape index (κ1) is 11.5. The molecule has 2 rings (SSSR count). The summed E-state index contributed by atoms with van der Waals surface area (Å²) < 4.78 is 0. The normalized spacial score (nSPS) is 10.2. The van der Waals surface area contributed by atoms with Crippen molar-refractivity contribution in [2.24, 2.45) is 0 Å². The van der Waals surface area contributed by atoms with Crippen molar-refractivity contribution in [1.82, 2.24) is 9.97 Å². The van der Waals surface area contributed by atoms with Gasteiger partial charge in [-0.15, -0.1) is 11.3 Å². The number of rotatable bonds is 3. The predicted molar refractivity (Wildman–Crippen MR) is 66.1 cm³/mol. The van der Waals surface area contributed by atoms with E-state index in [4.69, 9.17) is 5.11 Å². The van der Waals surface area contributed by atoms with Gasteiger partial charge in [0.25, 0.3) is 0 Å². The van der Waals surface area contributed by atoms with Gasteiger partial charge in [-0.25, -0.2) is 9.78 Å². The molecule has 0 atom stereocenters. The van der Waals surface area contributed by atoms with E-state index in [1.807, 2.05) is 13.8 Å². The molecule has 17 heavy (non-hydrogen) atoms. The summed E-state index contributed by atoms with van der Waals surface area (Å²) in [7, 11) is 0. The summed E-state index contributed by atoms with van der Waals surface area (Å²) in [6, 6.07) is 1.69. The van der Waals surface area contributed by atoms with Gasteiger partial charge in [-0.05, 0) is 19.9 Å². The fraction of sp³-hybridized carbons (Fsp3) is 0.182. The van der Waals surface area contributed by atoms with Gasteiger partial charge < -0.3 is 10.4 Å². The highest BCUT2D eigenvalue weighted by Gasteiger charge is 2.12. The van der Waals surface area contributed by atoms with Crippen molar-refractivity contribution < 1.29 is 9.90 Å². The van der Waals surface area contributed by atoms with Crippen LogP contribution < -0.4 is 5.32 Å². The number of hydrogen-bond donors (Lipinski definition) is 2. The molecule has 2 heterocycles. The number of carboxylic acids is 1. The fourth-order valence-corrected chi connectivity index (χ4v) is 2.04. The summed E-state index contributed by atoms with van der Waals surface area (Å²) in [6.45, 7) is 3.75. The largest absolute Gasteiger partial charge is 0.478 e. The monoisotopic (exact) mass is 249 g/mol. The van der Waals surface area contributed by atoms with Gasteiger partial charge in [-0.1, -0.05) is 0 Å². The fourth-order valence-electron chi connectivity index (χ4n) is 1.36. The van der Waals surface area contributed by atoms with Crippen molar-refractivity contribution >= 4 is 28.1 Å². The van der Waals surface area contributed by atoms with E-state index in [2.05, 4.69) is 15.3 Å². The Morgan fingerprint density at radius 2 is 2.12 bits per heavy atom. The van der Waals surface area contributed by atoms with Crippen LogP contribution in [0.25, 0.3) is 0 Å². The molecular formula is C11H11N3O2S. The molecule has 0 aliphatic rings. The minimum absolute atomic E-state index is 0.142. The molecule has 0 saturated carbocycles. The van der Waals surface area contributed by atoms with E-state index in [9.17, 15) is 4.79 Å². The van der Waals surface area contributed by atoms with Gasteiger partial charge >= 0.3 is 5.97 Å². The van der Waals surface area contributed by atoms with Gasteiger partial charge in [0, 0.05) is 23.0 Å².